The number of nitrogens with one attached hydrogen (secondary N) is 1. The van der Waals surface area contributed by atoms with Gasteiger partial charge >= 0.3 is 0 Å². The Labute approximate surface area is 157 Å². The molecule has 0 amide bonds. The van der Waals surface area contributed by atoms with Crippen molar-refractivity contribution >= 4 is 27.4 Å². The van der Waals surface area contributed by atoms with Crippen molar-refractivity contribution in [1.29, 1.82) is 0 Å². The molecule has 1 saturated heterocycles. The summed E-state index contributed by atoms with van der Waals surface area (Å²) in [5.41, 5.74) is 1.37. The van der Waals surface area contributed by atoms with Gasteiger partial charge in [0.05, 0.1) is 37.9 Å². The smallest absolute Gasteiger partial charge is 0.146 e. The van der Waals surface area contributed by atoms with E-state index in [9.17, 15) is 5.11 Å². The van der Waals surface area contributed by atoms with Crippen molar-refractivity contribution in [3.63, 3.8) is 0 Å². The zero-order valence-corrected chi connectivity index (χ0v) is 15.7. The number of aliphatic hydroxyl groups excluding tert-OH is 2. The predicted molar refractivity (Wildman–Crippen MR) is 102 cm³/mol. The second kappa shape index (κ2) is 8.14. The molecule has 2 aromatic heterocycles. The summed E-state index contributed by atoms with van der Waals surface area (Å²) < 4.78 is 5.42. The van der Waals surface area contributed by atoms with Crippen LogP contribution in [0, 0.1) is 0 Å². The maximum Gasteiger partial charge on any atom is 0.146 e. The van der Waals surface area contributed by atoms with Crippen LogP contribution in [-0.2, 0) is 24.1 Å². The molecule has 142 valence electrons. The first-order chi connectivity index (χ1) is 12.7. The summed E-state index contributed by atoms with van der Waals surface area (Å²) in [4.78, 5) is 14.4. The molecule has 1 aliphatic heterocycles. The van der Waals surface area contributed by atoms with Crippen LogP contribution >= 0.6 is 11.3 Å². The van der Waals surface area contributed by atoms with Gasteiger partial charge in [-0.2, -0.15) is 0 Å². The van der Waals surface area contributed by atoms with Crippen LogP contribution in [0.4, 0.5) is 5.82 Å². The maximum absolute atomic E-state index is 9.74. The van der Waals surface area contributed by atoms with Crippen LogP contribution in [0.5, 0.6) is 0 Å². The van der Waals surface area contributed by atoms with E-state index in [1.807, 2.05) is 0 Å². The molecule has 0 aromatic carbocycles. The summed E-state index contributed by atoms with van der Waals surface area (Å²) >= 11 is 1.78. The second-order valence-electron chi connectivity index (χ2n) is 6.99. The minimum atomic E-state index is -0.794. The zero-order chi connectivity index (χ0) is 17.9. The summed E-state index contributed by atoms with van der Waals surface area (Å²) in [7, 11) is 0. The fourth-order valence-electron chi connectivity index (χ4n) is 3.64. The fourth-order valence-corrected chi connectivity index (χ4v) is 4.92. The number of aryl methyl sites for hydroxylation is 2. The lowest BCUT2D eigenvalue weighted by Gasteiger charge is -2.26. The number of morpholine rings is 1. The Bertz CT molecular complexity index is 760. The Hall–Kier alpha value is -1.32. The molecule has 0 radical (unpaired) electrons. The molecule has 1 atom stereocenters. The van der Waals surface area contributed by atoms with E-state index in [-0.39, 0.29) is 13.2 Å². The number of ether oxygens (including phenoxy) is 1. The third-order valence-corrected chi connectivity index (χ3v) is 6.23. The fraction of sp³-hybridized carbons (Fsp3) is 0.667. The highest BCUT2D eigenvalue weighted by atomic mass is 32.1. The molecular formula is C18H26N4O3S. The number of rotatable bonds is 6. The Kier molecular flexibility index (Phi) is 5.66. The van der Waals surface area contributed by atoms with E-state index in [0.29, 0.717) is 6.54 Å². The lowest BCUT2D eigenvalue weighted by atomic mass is 9.97. The second-order valence-corrected chi connectivity index (χ2v) is 8.07. The van der Waals surface area contributed by atoms with Crippen LogP contribution < -0.4 is 5.32 Å². The molecule has 2 aromatic rings. The summed E-state index contributed by atoms with van der Waals surface area (Å²) in [6.45, 7) is 4.03. The molecule has 3 N–H and O–H groups in total. The minimum absolute atomic E-state index is 0.260. The number of aromatic nitrogens is 2. The van der Waals surface area contributed by atoms with Crippen LogP contribution in [-0.4, -0.2) is 70.6 Å². The van der Waals surface area contributed by atoms with Gasteiger partial charge in [-0.15, -0.1) is 11.3 Å². The summed E-state index contributed by atoms with van der Waals surface area (Å²) in [6.07, 6.45) is 3.83. The largest absolute Gasteiger partial charge is 0.394 e. The molecule has 0 spiro atoms. The maximum atomic E-state index is 9.74. The summed E-state index contributed by atoms with van der Waals surface area (Å²) in [5.74, 6) is 1.60. The third kappa shape index (κ3) is 3.84. The lowest BCUT2D eigenvalue weighted by molar-refractivity contribution is 0.0331. The van der Waals surface area contributed by atoms with Crippen molar-refractivity contribution in [2.45, 2.75) is 38.3 Å². The van der Waals surface area contributed by atoms with Crippen molar-refractivity contribution in [1.82, 2.24) is 14.9 Å². The van der Waals surface area contributed by atoms with Crippen LogP contribution in [0.15, 0.2) is 0 Å². The molecule has 7 nitrogen and oxygen atoms in total. The van der Waals surface area contributed by atoms with Gasteiger partial charge in [-0.3, -0.25) is 4.90 Å². The average Bonchev–Trinajstić information content (AvgIpc) is 3.05. The highest BCUT2D eigenvalue weighted by molar-refractivity contribution is 7.19. The Morgan fingerprint density at radius 2 is 2.00 bits per heavy atom. The molecule has 0 saturated carbocycles. The molecule has 0 bridgehead atoms. The van der Waals surface area contributed by atoms with E-state index in [1.165, 1.54) is 23.3 Å². The van der Waals surface area contributed by atoms with Crippen molar-refractivity contribution in [2.75, 3.05) is 44.8 Å². The minimum Gasteiger partial charge on any atom is -0.394 e. The molecule has 4 rings (SSSR count). The lowest BCUT2D eigenvalue weighted by Crippen LogP contribution is -2.36. The summed E-state index contributed by atoms with van der Waals surface area (Å²) in [5, 5.41) is 23.2. The van der Waals surface area contributed by atoms with E-state index in [2.05, 4.69) is 10.2 Å². The first kappa shape index (κ1) is 18.1. The highest BCUT2D eigenvalue weighted by Gasteiger charge is 2.22. The van der Waals surface area contributed by atoms with Gasteiger partial charge in [-0.1, -0.05) is 0 Å². The van der Waals surface area contributed by atoms with E-state index < -0.39 is 6.10 Å². The summed E-state index contributed by atoms with van der Waals surface area (Å²) in [6, 6.07) is 0. The van der Waals surface area contributed by atoms with Crippen LogP contribution in [0.25, 0.3) is 10.2 Å². The number of fused-ring (bicyclic) bond motifs is 3. The molecule has 8 heteroatoms. The van der Waals surface area contributed by atoms with Crippen LogP contribution in [0.1, 0.15) is 29.1 Å². The predicted octanol–water partition coefficient (Wildman–Crippen LogP) is 1.17. The van der Waals surface area contributed by atoms with Crippen LogP contribution in [0.3, 0.4) is 0 Å². The van der Waals surface area contributed by atoms with Gasteiger partial charge < -0.3 is 20.3 Å². The van der Waals surface area contributed by atoms with Crippen molar-refractivity contribution < 1.29 is 14.9 Å². The number of nitrogens with zero attached hydrogens (tertiary/aromatic N) is 3. The number of anilines is 1. The van der Waals surface area contributed by atoms with Gasteiger partial charge in [0.15, 0.2) is 0 Å². The molecular weight excluding hydrogens is 352 g/mol. The number of hydrogen-bond acceptors (Lipinski definition) is 8. The van der Waals surface area contributed by atoms with Gasteiger partial charge in [0.1, 0.15) is 16.5 Å². The molecule has 1 aliphatic carbocycles. The van der Waals surface area contributed by atoms with Gasteiger partial charge in [0.2, 0.25) is 0 Å². The normalized spacial score (nSPS) is 19.5. The topological polar surface area (TPSA) is 90.7 Å². The zero-order valence-electron chi connectivity index (χ0n) is 14.9. The van der Waals surface area contributed by atoms with E-state index >= 15 is 0 Å². The van der Waals surface area contributed by atoms with Gasteiger partial charge in [-0.25, -0.2) is 9.97 Å². The molecule has 26 heavy (non-hydrogen) atoms. The van der Waals surface area contributed by atoms with Crippen molar-refractivity contribution in [3.8, 4) is 0 Å². The van der Waals surface area contributed by atoms with Gasteiger partial charge in [0, 0.05) is 24.5 Å². The first-order valence-corrected chi connectivity index (χ1v) is 10.2. The Morgan fingerprint density at radius 1 is 1.19 bits per heavy atom. The average molecular weight is 378 g/mol. The van der Waals surface area contributed by atoms with Gasteiger partial charge in [0.25, 0.3) is 0 Å². The number of aliphatic hydroxyl groups is 2. The number of hydrogen-bond donors (Lipinski definition) is 3. The Morgan fingerprint density at radius 3 is 2.81 bits per heavy atom. The quantitative estimate of drug-likeness (QED) is 0.695. The van der Waals surface area contributed by atoms with E-state index in [1.54, 1.807) is 11.3 Å². The standard InChI is InChI=1S/C18H26N4O3S/c23-11-12(24)9-19-17-16-13-3-1-2-4-14(13)26-18(16)21-15(20-17)10-22-5-7-25-8-6-22/h12,23-24H,1-11H2,(H,19,20,21)/t12-/m1/s1. The molecule has 0 unspecified atom stereocenters. The first-order valence-electron chi connectivity index (χ1n) is 9.38. The van der Waals surface area contributed by atoms with E-state index in [0.717, 1.165) is 61.0 Å². The number of thiophene rings is 1. The third-order valence-electron chi connectivity index (χ3n) is 5.05. The van der Waals surface area contributed by atoms with Crippen molar-refractivity contribution in [3.05, 3.63) is 16.3 Å². The van der Waals surface area contributed by atoms with Crippen molar-refractivity contribution in [2.24, 2.45) is 0 Å². The van der Waals surface area contributed by atoms with Crippen LogP contribution in [0.2, 0.25) is 0 Å². The van der Waals surface area contributed by atoms with E-state index in [4.69, 9.17) is 19.8 Å². The SMILES string of the molecule is OC[C@H](O)CNc1nc(CN2CCOCC2)nc2sc3c(c12)CCCC3. The highest BCUT2D eigenvalue weighted by Crippen LogP contribution is 2.38. The van der Waals surface area contributed by atoms with Gasteiger partial charge in [-0.05, 0) is 31.2 Å². The monoisotopic (exact) mass is 378 g/mol. The Balaban J connectivity index is 1.67. The molecule has 1 fully saturated rings. The molecule has 3 heterocycles. The molecule has 2 aliphatic rings.